The number of sulfonamides is 1. The molecule has 1 fully saturated rings. The Labute approximate surface area is 115 Å². The molecule has 1 aromatic carbocycles. The topological polar surface area (TPSA) is 58.2 Å². The third kappa shape index (κ3) is 3.56. The molecule has 1 saturated heterocycles. The van der Waals surface area contributed by atoms with Gasteiger partial charge < -0.3 is 5.32 Å². The number of piperidine rings is 1. The molecule has 1 heterocycles. The first kappa shape index (κ1) is 13.1. The van der Waals surface area contributed by atoms with E-state index < -0.39 is 10.0 Å². The van der Waals surface area contributed by atoms with Crippen molar-refractivity contribution in [3.8, 4) is 0 Å². The van der Waals surface area contributed by atoms with Crippen molar-refractivity contribution in [3.63, 3.8) is 0 Å². The van der Waals surface area contributed by atoms with Gasteiger partial charge in [0.15, 0.2) is 0 Å². The van der Waals surface area contributed by atoms with E-state index in [9.17, 15) is 8.42 Å². The van der Waals surface area contributed by atoms with Crippen LogP contribution in [-0.2, 0) is 10.0 Å². The Hall–Kier alpha value is -0.340. The van der Waals surface area contributed by atoms with Gasteiger partial charge in [-0.25, -0.2) is 8.42 Å². The fourth-order valence-corrected chi connectivity index (χ4v) is 3.93. The summed E-state index contributed by atoms with van der Waals surface area (Å²) in [7, 11) is -3.25. The number of halogens is 1. The molecule has 0 atom stereocenters. The predicted octanol–water partition coefficient (Wildman–Crippen LogP) is 1.78. The molecule has 0 bridgehead atoms. The molecule has 2 rings (SSSR count). The van der Waals surface area contributed by atoms with Crippen molar-refractivity contribution in [1.82, 2.24) is 5.32 Å². The van der Waals surface area contributed by atoms with E-state index in [0.29, 0.717) is 18.5 Å². The molecule has 0 amide bonds. The molecule has 2 N–H and O–H groups in total. The van der Waals surface area contributed by atoms with Crippen LogP contribution in [0.3, 0.4) is 0 Å². The highest BCUT2D eigenvalue weighted by Crippen LogP contribution is 2.19. The van der Waals surface area contributed by atoms with Crippen LogP contribution in [0, 0.1) is 3.57 Å². The van der Waals surface area contributed by atoms with Gasteiger partial charge in [-0.1, -0.05) is 6.07 Å². The SMILES string of the molecule is O=S(=O)(Nc1cccc(I)c1)C1CCNCC1. The van der Waals surface area contributed by atoms with Gasteiger partial charge in [0.2, 0.25) is 10.0 Å². The highest BCUT2D eigenvalue weighted by Gasteiger charge is 2.26. The van der Waals surface area contributed by atoms with Crippen molar-refractivity contribution in [2.24, 2.45) is 0 Å². The van der Waals surface area contributed by atoms with Crippen LogP contribution in [0.2, 0.25) is 0 Å². The number of hydrogen-bond donors (Lipinski definition) is 2. The average molecular weight is 366 g/mol. The molecular formula is C11H15IN2O2S. The monoisotopic (exact) mass is 366 g/mol. The Morgan fingerprint density at radius 2 is 2.00 bits per heavy atom. The summed E-state index contributed by atoms with van der Waals surface area (Å²) < 4.78 is 27.9. The second-order valence-corrected chi connectivity index (χ2v) is 7.31. The summed E-state index contributed by atoms with van der Waals surface area (Å²) in [6.45, 7) is 1.55. The van der Waals surface area contributed by atoms with Gasteiger partial charge in [0.05, 0.1) is 5.25 Å². The van der Waals surface area contributed by atoms with Crippen molar-refractivity contribution in [1.29, 1.82) is 0 Å². The predicted molar refractivity (Wildman–Crippen MR) is 77.6 cm³/mol. The number of anilines is 1. The lowest BCUT2D eigenvalue weighted by atomic mass is 10.2. The summed E-state index contributed by atoms with van der Waals surface area (Å²) >= 11 is 2.17. The molecule has 6 heteroatoms. The standard InChI is InChI=1S/C11H15IN2O2S/c12-9-2-1-3-10(8-9)14-17(15,16)11-4-6-13-7-5-11/h1-3,8,11,13-14H,4-7H2. The van der Waals surface area contributed by atoms with Gasteiger partial charge in [-0.3, -0.25) is 4.72 Å². The normalized spacial score (nSPS) is 17.9. The number of nitrogens with one attached hydrogen (secondary N) is 2. The third-order valence-electron chi connectivity index (χ3n) is 2.81. The zero-order valence-corrected chi connectivity index (χ0v) is 12.3. The van der Waals surface area contributed by atoms with Crippen molar-refractivity contribution in [3.05, 3.63) is 27.8 Å². The van der Waals surface area contributed by atoms with E-state index in [1.54, 1.807) is 6.07 Å². The Morgan fingerprint density at radius 1 is 1.29 bits per heavy atom. The Morgan fingerprint density at radius 3 is 2.65 bits per heavy atom. The summed E-state index contributed by atoms with van der Waals surface area (Å²) in [5.41, 5.74) is 0.649. The number of hydrogen-bond acceptors (Lipinski definition) is 3. The first-order chi connectivity index (χ1) is 8.08. The molecule has 0 aromatic heterocycles. The molecule has 1 aromatic rings. The van der Waals surface area contributed by atoms with Crippen LogP contribution in [0.5, 0.6) is 0 Å². The molecule has 4 nitrogen and oxygen atoms in total. The van der Waals surface area contributed by atoms with Crippen molar-refractivity contribution in [2.75, 3.05) is 17.8 Å². The van der Waals surface area contributed by atoms with E-state index in [2.05, 4.69) is 32.6 Å². The molecule has 1 aliphatic rings. The molecule has 0 saturated carbocycles. The van der Waals surface area contributed by atoms with Gasteiger partial charge in [0.25, 0.3) is 0 Å². The molecular weight excluding hydrogens is 351 g/mol. The van der Waals surface area contributed by atoms with Gasteiger partial charge in [-0.05, 0) is 66.7 Å². The minimum Gasteiger partial charge on any atom is -0.317 e. The second-order valence-electron chi connectivity index (χ2n) is 4.11. The van der Waals surface area contributed by atoms with E-state index >= 15 is 0 Å². The van der Waals surface area contributed by atoms with Gasteiger partial charge in [-0.15, -0.1) is 0 Å². The molecule has 0 aliphatic carbocycles. The Balaban J connectivity index is 2.11. The first-order valence-corrected chi connectivity index (χ1v) is 8.18. The Kier molecular flexibility index (Phi) is 4.26. The summed E-state index contributed by atoms with van der Waals surface area (Å²) in [6.07, 6.45) is 1.36. The zero-order chi connectivity index (χ0) is 12.3. The molecule has 0 spiro atoms. The maximum absolute atomic E-state index is 12.1. The third-order valence-corrected chi connectivity index (χ3v) is 5.35. The van der Waals surface area contributed by atoms with E-state index in [-0.39, 0.29) is 5.25 Å². The van der Waals surface area contributed by atoms with Crippen LogP contribution in [0.25, 0.3) is 0 Å². The van der Waals surface area contributed by atoms with Gasteiger partial charge in [0.1, 0.15) is 0 Å². The van der Waals surface area contributed by atoms with E-state index in [0.717, 1.165) is 16.7 Å². The van der Waals surface area contributed by atoms with Crippen molar-refractivity contribution in [2.45, 2.75) is 18.1 Å². The van der Waals surface area contributed by atoms with E-state index in [1.807, 2.05) is 18.2 Å². The molecule has 0 unspecified atom stereocenters. The summed E-state index contributed by atoms with van der Waals surface area (Å²) in [6, 6.07) is 7.39. The van der Waals surface area contributed by atoms with Gasteiger partial charge >= 0.3 is 0 Å². The maximum atomic E-state index is 12.1. The van der Waals surface area contributed by atoms with E-state index in [4.69, 9.17) is 0 Å². The lowest BCUT2D eigenvalue weighted by molar-refractivity contribution is 0.499. The summed E-state index contributed by atoms with van der Waals surface area (Å²) in [5.74, 6) is 0. The molecule has 0 radical (unpaired) electrons. The van der Waals surface area contributed by atoms with Crippen molar-refractivity contribution < 1.29 is 8.42 Å². The van der Waals surface area contributed by atoms with Crippen LogP contribution in [0.1, 0.15) is 12.8 Å². The highest BCUT2D eigenvalue weighted by molar-refractivity contribution is 14.1. The van der Waals surface area contributed by atoms with Crippen LogP contribution in [-0.4, -0.2) is 26.8 Å². The van der Waals surface area contributed by atoms with Crippen molar-refractivity contribution >= 4 is 38.3 Å². The maximum Gasteiger partial charge on any atom is 0.235 e. The minimum absolute atomic E-state index is 0.276. The average Bonchev–Trinajstić information content (AvgIpc) is 2.29. The summed E-state index contributed by atoms with van der Waals surface area (Å²) in [5, 5.41) is 2.89. The van der Waals surface area contributed by atoms with Gasteiger partial charge in [-0.2, -0.15) is 0 Å². The lowest BCUT2D eigenvalue weighted by Gasteiger charge is -2.23. The molecule has 1 aliphatic heterocycles. The van der Waals surface area contributed by atoms with Gasteiger partial charge in [0, 0.05) is 9.26 Å². The zero-order valence-electron chi connectivity index (χ0n) is 9.32. The molecule has 94 valence electrons. The quantitative estimate of drug-likeness (QED) is 0.802. The largest absolute Gasteiger partial charge is 0.317 e. The fraction of sp³-hybridized carbons (Fsp3) is 0.455. The fourth-order valence-electron chi connectivity index (χ4n) is 1.91. The Bertz CT molecular complexity index is 484. The van der Waals surface area contributed by atoms with E-state index in [1.165, 1.54) is 0 Å². The summed E-state index contributed by atoms with van der Waals surface area (Å²) in [4.78, 5) is 0. The second kappa shape index (κ2) is 5.53. The number of benzene rings is 1. The number of rotatable bonds is 3. The highest BCUT2D eigenvalue weighted by atomic mass is 127. The molecule has 17 heavy (non-hydrogen) atoms. The smallest absolute Gasteiger partial charge is 0.235 e. The first-order valence-electron chi connectivity index (χ1n) is 5.56. The van der Waals surface area contributed by atoms with Crippen LogP contribution in [0.4, 0.5) is 5.69 Å². The van der Waals surface area contributed by atoms with Crippen LogP contribution < -0.4 is 10.0 Å². The lowest BCUT2D eigenvalue weighted by Crippen LogP contribution is -2.38. The van der Waals surface area contributed by atoms with Crippen LogP contribution in [0.15, 0.2) is 24.3 Å². The minimum atomic E-state index is -3.25. The van der Waals surface area contributed by atoms with Crippen LogP contribution >= 0.6 is 22.6 Å².